The summed E-state index contributed by atoms with van der Waals surface area (Å²) in [5.74, 6) is 0.318. The van der Waals surface area contributed by atoms with E-state index in [0.717, 1.165) is 52.3 Å². The molecule has 24 nitrogen and oxygen atoms in total. The zero-order valence-corrected chi connectivity index (χ0v) is 59.2. The number of alkyl halides is 2. The Morgan fingerprint density at radius 1 is 0.505 bits per heavy atom. The summed E-state index contributed by atoms with van der Waals surface area (Å²) in [5, 5.41) is 0. The molecule has 0 radical (unpaired) electrons. The Kier molecular flexibility index (Phi) is 23.7. The number of hydrogen-bond donors (Lipinski definition) is 2. The number of rotatable bonds is 26. The zero-order valence-electron chi connectivity index (χ0n) is 56.7. The van der Waals surface area contributed by atoms with E-state index in [9.17, 15) is 57.2 Å². The molecule has 536 valence electrons. The first-order valence-electron chi connectivity index (χ1n) is 31.5. The molecular weight excluding hydrogens is 1380 g/mol. The molecule has 0 fully saturated rings. The predicted molar refractivity (Wildman–Crippen MR) is 376 cm³/mol. The van der Waals surface area contributed by atoms with Gasteiger partial charge in [0.05, 0.1) is 106 Å². The fourth-order valence-electron chi connectivity index (χ4n) is 11.8. The van der Waals surface area contributed by atoms with Gasteiger partial charge >= 0.3 is 17.1 Å². The summed E-state index contributed by atoms with van der Waals surface area (Å²) in [6.45, 7) is 7.43. The number of aryl methyl sites for hydroxylation is 1. The highest BCUT2D eigenvalue weighted by Crippen LogP contribution is 2.37. The maximum atomic E-state index is 14.3. The summed E-state index contributed by atoms with van der Waals surface area (Å²) >= 11 is 0. The van der Waals surface area contributed by atoms with Crippen molar-refractivity contribution in [2.45, 2.75) is 65.2 Å². The molecule has 11 rings (SSSR count). The van der Waals surface area contributed by atoms with E-state index in [1.165, 1.54) is 48.8 Å². The molecular formula is C70H75F4N9O15S3. The molecule has 101 heavy (non-hydrogen) atoms. The van der Waals surface area contributed by atoms with Gasteiger partial charge in [0, 0.05) is 49.2 Å². The number of aromatic amines is 2. The number of halogens is 4. The van der Waals surface area contributed by atoms with Crippen molar-refractivity contribution in [3.05, 3.63) is 216 Å². The van der Waals surface area contributed by atoms with Crippen LogP contribution in [0.2, 0.25) is 0 Å². The lowest BCUT2D eigenvalue weighted by molar-refractivity contribution is 0.126. The molecule has 0 aliphatic carbocycles. The van der Waals surface area contributed by atoms with Gasteiger partial charge < -0.3 is 38.4 Å². The minimum Gasteiger partial charge on any atom is -0.493 e. The fourth-order valence-corrected chi connectivity index (χ4v) is 14.5. The first kappa shape index (κ1) is 74.9. The first-order chi connectivity index (χ1) is 48.0. The van der Waals surface area contributed by atoms with Crippen LogP contribution in [0, 0.1) is 18.6 Å². The second kappa shape index (κ2) is 31.9. The largest absolute Gasteiger partial charge is 0.493 e. The number of fused-ring (bicyclic) bond motifs is 3. The van der Waals surface area contributed by atoms with Crippen LogP contribution >= 0.6 is 0 Å². The van der Waals surface area contributed by atoms with Crippen LogP contribution < -0.4 is 45.5 Å². The highest BCUT2D eigenvalue weighted by molar-refractivity contribution is 7.91. The summed E-state index contributed by atoms with van der Waals surface area (Å²) in [5.41, 5.74) is 4.89. The molecule has 2 N–H and O–H groups in total. The molecule has 0 saturated heterocycles. The highest BCUT2D eigenvalue weighted by atomic mass is 32.2. The average molecular weight is 1450 g/mol. The molecule has 0 aliphatic rings. The van der Waals surface area contributed by atoms with Crippen molar-refractivity contribution in [3.8, 4) is 45.6 Å². The van der Waals surface area contributed by atoms with Crippen LogP contribution in [0.3, 0.4) is 0 Å². The lowest BCUT2D eigenvalue weighted by atomic mass is 10.0. The Bertz CT molecular complexity index is 5350. The molecule has 6 heterocycles. The second-order valence-electron chi connectivity index (χ2n) is 23.4. The Hall–Kier alpha value is -10.3. The number of sulfone groups is 3. The smallest absolute Gasteiger partial charge is 0.331 e. The molecule has 0 amide bonds. The van der Waals surface area contributed by atoms with Gasteiger partial charge in [0.25, 0.3) is 6.43 Å². The Morgan fingerprint density at radius 3 is 1.41 bits per heavy atom. The van der Waals surface area contributed by atoms with Crippen LogP contribution in [-0.4, -0.2) is 152 Å². The molecule has 0 spiro atoms. The topological polar surface area (TPSA) is 299 Å². The fraction of sp³-hybridized carbons (Fsp3) is 0.314. The van der Waals surface area contributed by atoms with Gasteiger partial charge in [-0.25, -0.2) is 72.2 Å². The van der Waals surface area contributed by atoms with Gasteiger partial charge in [0.15, 0.2) is 51.4 Å². The molecule has 11 aromatic rings. The molecule has 0 aliphatic heterocycles. The van der Waals surface area contributed by atoms with Crippen molar-refractivity contribution in [3.63, 3.8) is 0 Å². The standard InChI is InChI=1S/C25H26FN3O5S.C25H27N3O5S.C20H22F3N3O5S/c1-4-34-22-14-17(9-10-21(22)33-2)20(15-35(3,31)32)29-24-23(28-25(29)30)18(11-12-27-24)13-16-7-5-6-8-19(16)26;1-5-33-22-13-18(11-12-21(22)32-3)20(15-34(4,30)31)28-24-23(27-25(28)29)16(2)19(14-26-24)17-9-7-6-8-10-17;1-4-31-17-7-12(5-6-16(17)30-2)15(11-32(3,28)29)26-19-14(8-13(21)9-24-19)25(20(26)27)10-18(22)23/h5-12,14,20H,4,13,15H2,1-3H3,(H,28,30);6-14,20H,5,15H2,1-4H3,(H,27,29);5-9,15,18H,4,10-11H2,1-3H3/t2*20-;15-/m000/s1. The minimum absolute atomic E-state index is 0.112. The van der Waals surface area contributed by atoms with Gasteiger partial charge in [-0.2, -0.15) is 0 Å². The lowest BCUT2D eigenvalue weighted by Gasteiger charge is -2.20. The number of methoxy groups -OCH3 is 3. The molecule has 0 bridgehead atoms. The maximum Gasteiger partial charge on any atom is 0.331 e. The summed E-state index contributed by atoms with van der Waals surface area (Å²) in [6, 6.07) is 30.8. The number of pyridine rings is 3. The normalized spacial score (nSPS) is 12.7. The number of H-pyrrole nitrogens is 2. The van der Waals surface area contributed by atoms with Gasteiger partial charge in [0.2, 0.25) is 0 Å². The highest BCUT2D eigenvalue weighted by Gasteiger charge is 2.31. The summed E-state index contributed by atoms with van der Waals surface area (Å²) in [7, 11) is -6.15. The number of benzene rings is 5. The molecule has 3 atom stereocenters. The van der Waals surface area contributed by atoms with Crippen molar-refractivity contribution >= 4 is 63.0 Å². The monoisotopic (exact) mass is 1450 g/mol. The van der Waals surface area contributed by atoms with Gasteiger partial charge in [-0.15, -0.1) is 0 Å². The van der Waals surface area contributed by atoms with Crippen LogP contribution in [0.25, 0.3) is 44.6 Å². The van der Waals surface area contributed by atoms with Crippen molar-refractivity contribution in [1.29, 1.82) is 0 Å². The van der Waals surface area contributed by atoms with Crippen molar-refractivity contribution < 1.29 is 71.2 Å². The second-order valence-corrected chi connectivity index (χ2v) is 30.0. The van der Waals surface area contributed by atoms with E-state index >= 15 is 0 Å². The summed E-state index contributed by atoms with van der Waals surface area (Å²) in [6.07, 6.45) is 4.68. The van der Waals surface area contributed by atoms with Gasteiger partial charge in [-0.1, -0.05) is 66.7 Å². The quantitative estimate of drug-likeness (QED) is 0.0476. The number of nitrogens with zero attached hydrogens (tertiary/aromatic N) is 7. The van der Waals surface area contributed by atoms with Gasteiger partial charge in [0.1, 0.15) is 41.1 Å². The third-order valence-electron chi connectivity index (χ3n) is 16.1. The summed E-state index contributed by atoms with van der Waals surface area (Å²) < 4.78 is 166. The number of hydrogen-bond acceptors (Lipinski definition) is 18. The summed E-state index contributed by atoms with van der Waals surface area (Å²) in [4.78, 5) is 58.1. The average Bonchev–Trinajstić information content (AvgIpc) is 1.63. The Labute approximate surface area is 578 Å². The minimum atomic E-state index is -3.66. The Morgan fingerprint density at radius 2 is 0.950 bits per heavy atom. The van der Waals surface area contributed by atoms with Crippen molar-refractivity contribution in [2.24, 2.45) is 0 Å². The van der Waals surface area contributed by atoms with Crippen LogP contribution in [0.15, 0.2) is 154 Å². The third kappa shape index (κ3) is 17.7. The number of ether oxygens (including phenoxy) is 6. The van der Waals surface area contributed by atoms with Gasteiger partial charge in [-0.05, 0) is 115 Å². The SMILES string of the molecule is CCOc1cc([C@H](CS(C)(=O)=O)n2c(=O)[nH]c3c(C)c(-c4ccccc4)cnc32)ccc1OC.CCOc1cc([C@H](CS(C)(=O)=O)n2c(=O)[nH]c3c(Cc4ccccc4F)ccnc32)ccc1OC.CCOc1cc([C@H](CS(C)(=O)=O)n2c(=O)n(CC(F)F)c3cc(F)cnc32)ccc1OC. The molecule has 31 heteroatoms. The first-order valence-corrected chi connectivity index (χ1v) is 37.6. The van der Waals surface area contributed by atoms with Crippen LogP contribution in [-0.2, 0) is 42.5 Å². The predicted octanol–water partition coefficient (Wildman–Crippen LogP) is 9.88. The molecule has 5 aromatic carbocycles. The van der Waals surface area contributed by atoms with E-state index in [0.29, 0.717) is 103 Å². The van der Waals surface area contributed by atoms with Crippen LogP contribution in [0.1, 0.15) is 72.3 Å². The van der Waals surface area contributed by atoms with E-state index in [4.69, 9.17) is 28.4 Å². The molecule has 0 unspecified atom stereocenters. The Balaban J connectivity index is 0.000000177. The molecule has 6 aromatic heterocycles. The van der Waals surface area contributed by atoms with E-state index in [-0.39, 0.29) is 40.6 Å². The van der Waals surface area contributed by atoms with Crippen molar-refractivity contribution in [1.82, 2.24) is 43.2 Å². The number of aromatic nitrogens is 9. The van der Waals surface area contributed by atoms with Crippen LogP contribution in [0.5, 0.6) is 34.5 Å². The lowest BCUT2D eigenvalue weighted by Crippen LogP contribution is -2.32. The van der Waals surface area contributed by atoms with E-state index in [1.54, 1.807) is 85.9 Å². The van der Waals surface area contributed by atoms with E-state index in [1.807, 2.05) is 51.1 Å². The van der Waals surface area contributed by atoms with Crippen LogP contribution in [0.4, 0.5) is 17.6 Å². The number of imidazole rings is 3. The third-order valence-corrected chi connectivity index (χ3v) is 18.9. The zero-order chi connectivity index (χ0) is 73.3. The van der Waals surface area contributed by atoms with E-state index in [2.05, 4.69) is 24.9 Å². The van der Waals surface area contributed by atoms with Gasteiger partial charge in [-0.3, -0.25) is 18.3 Å². The number of nitrogens with one attached hydrogen (secondary N) is 2. The maximum absolute atomic E-state index is 14.3. The van der Waals surface area contributed by atoms with E-state index < -0.39 is 89.2 Å². The molecule has 0 saturated carbocycles. The van der Waals surface area contributed by atoms with Crippen molar-refractivity contribution in [2.75, 3.05) is 77.2 Å².